The summed E-state index contributed by atoms with van der Waals surface area (Å²) in [4.78, 5) is 11.1. The highest BCUT2D eigenvalue weighted by molar-refractivity contribution is 6.04. The number of benzene rings is 1. The summed E-state index contributed by atoms with van der Waals surface area (Å²) in [5.74, 6) is 0.389. The van der Waals surface area contributed by atoms with E-state index in [1.807, 2.05) is 0 Å². The van der Waals surface area contributed by atoms with Crippen LogP contribution < -0.4 is 9.84 Å². The lowest BCUT2D eigenvalue weighted by atomic mass is 10.1. The molecular formula is C10H9O3-. The van der Waals surface area contributed by atoms with Crippen LogP contribution in [-0.4, -0.2) is 12.9 Å². The molecule has 3 heteroatoms. The van der Waals surface area contributed by atoms with Crippen molar-refractivity contribution >= 4 is 5.78 Å². The molecule has 13 heavy (non-hydrogen) atoms. The number of ether oxygens (including phenoxy) is 1. The number of methoxy groups -OCH3 is 1. The zero-order valence-electron chi connectivity index (χ0n) is 7.19. The van der Waals surface area contributed by atoms with Gasteiger partial charge in [-0.25, -0.2) is 0 Å². The maximum atomic E-state index is 11.1. The van der Waals surface area contributed by atoms with Crippen LogP contribution in [0.5, 0.6) is 5.75 Å². The molecule has 0 fully saturated rings. The Kier molecular flexibility index (Phi) is 3.09. The fraction of sp³-hybridized carbons (Fsp3) is 0.100. The van der Waals surface area contributed by atoms with Crippen molar-refractivity contribution in [2.75, 3.05) is 7.11 Å². The molecule has 0 heterocycles. The first-order chi connectivity index (χ1) is 6.27. The summed E-state index contributed by atoms with van der Waals surface area (Å²) < 4.78 is 4.92. The summed E-state index contributed by atoms with van der Waals surface area (Å²) in [6.45, 7) is 0. The third-order valence-corrected chi connectivity index (χ3v) is 1.59. The highest BCUT2D eigenvalue weighted by Crippen LogP contribution is 2.11. The first-order valence-electron chi connectivity index (χ1n) is 3.75. The van der Waals surface area contributed by atoms with Crippen LogP contribution in [-0.2, 0) is 0 Å². The summed E-state index contributed by atoms with van der Waals surface area (Å²) >= 11 is 0. The molecule has 0 atom stereocenters. The quantitative estimate of drug-likeness (QED) is 0.389. The topological polar surface area (TPSA) is 49.4 Å². The molecule has 0 bridgehead atoms. The minimum absolute atomic E-state index is 0.294. The molecule has 1 rings (SSSR count). The molecule has 68 valence electrons. The van der Waals surface area contributed by atoms with Gasteiger partial charge >= 0.3 is 0 Å². The fourth-order valence-corrected chi connectivity index (χ4v) is 0.913. The van der Waals surface area contributed by atoms with E-state index in [2.05, 4.69) is 0 Å². The Morgan fingerprint density at radius 3 is 2.46 bits per heavy atom. The second-order valence-electron chi connectivity index (χ2n) is 2.40. The molecule has 1 aromatic carbocycles. The van der Waals surface area contributed by atoms with Crippen molar-refractivity contribution < 1.29 is 14.6 Å². The van der Waals surface area contributed by atoms with Crippen molar-refractivity contribution in [3.63, 3.8) is 0 Å². The van der Waals surface area contributed by atoms with Gasteiger partial charge in [0.2, 0.25) is 0 Å². The van der Waals surface area contributed by atoms with Gasteiger partial charge in [0, 0.05) is 5.56 Å². The van der Waals surface area contributed by atoms with E-state index in [1.165, 1.54) is 0 Å². The summed E-state index contributed by atoms with van der Waals surface area (Å²) in [5.41, 5.74) is 0.480. The Morgan fingerprint density at radius 2 is 2.00 bits per heavy atom. The van der Waals surface area contributed by atoms with Crippen molar-refractivity contribution in [2.24, 2.45) is 0 Å². The van der Waals surface area contributed by atoms with Crippen molar-refractivity contribution in [3.05, 3.63) is 42.2 Å². The van der Waals surface area contributed by atoms with Gasteiger partial charge < -0.3 is 9.84 Å². The van der Waals surface area contributed by atoms with Crippen LogP contribution in [0.3, 0.4) is 0 Å². The number of allylic oxidation sites excluding steroid dienone is 1. The van der Waals surface area contributed by atoms with Crippen LogP contribution in [0.4, 0.5) is 0 Å². The fourth-order valence-electron chi connectivity index (χ4n) is 0.913. The Bertz CT molecular complexity index is 311. The van der Waals surface area contributed by atoms with Gasteiger partial charge in [0.15, 0.2) is 5.78 Å². The number of hydrogen-bond donors (Lipinski definition) is 0. The first-order valence-corrected chi connectivity index (χ1v) is 3.75. The van der Waals surface area contributed by atoms with Crippen LogP contribution in [0.2, 0.25) is 0 Å². The average Bonchev–Trinajstić information content (AvgIpc) is 2.18. The smallest absolute Gasteiger partial charge is 0.184 e. The van der Waals surface area contributed by atoms with Crippen LogP contribution >= 0.6 is 0 Å². The van der Waals surface area contributed by atoms with E-state index in [0.717, 1.165) is 6.08 Å². The molecular weight excluding hydrogens is 168 g/mol. The minimum Gasteiger partial charge on any atom is -0.878 e. The SMILES string of the molecule is COc1ccc(C(=O)C=C[O-])cc1. The Hall–Kier alpha value is -1.77. The zero-order chi connectivity index (χ0) is 9.68. The predicted molar refractivity (Wildman–Crippen MR) is 46.5 cm³/mol. The van der Waals surface area contributed by atoms with E-state index in [4.69, 9.17) is 4.74 Å². The molecule has 0 amide bonds. The van der Waals surface area contributed by atoms with Gasteiger partial charge in [-0.1, -0.05) is 0 Å². The van der Waals surface area contributed by atoms with Gasteiger partial charge in [-0.15, -0.1) is 6.26 Å². The number of ketones is 1. The molecule has 0 unspecified atom stereocenters. The average molecular weight is 177 g/mol. The highest BCUT2D eigenvalue weighted by Gasteiger charge is 1.99. The van der Waals surface area contributed by atoms with Gasteiger partial charge in [0.25, 0.3) is 0 Å². The molecule has 0 saturated carbocycles. The Labute approximate surface area is 76.3 Å². The highest BCUT2D eigenvalue weighted by atomic mass is 16.5. The van der Waals surface area contributed by atoms with Gasteiger partial charge in [-0.2, -0.15) is 0 Å². The summed E-state index contributed by atoms with van der Waals surface area (Å²) in [7, 11) is 1.55. The van der Waals surface area contributed by atoms with E-state index in [9.17, 15) is 9.90 Å². The Morgan fingerprint density at radius 1 is 1.38 bits per heavy atom. The first kappa shape index (κ1) is 9.32. The molecule has 0 aliphatic heterocycles. The second-order valence-corrected chi connectivity index (χ2v) is 2.40. The normalized spacial score (nSPS) is 10.2. The van der Waals surface area contributed by atoms with Crippen molar-refractivity contribution in [1.29, 1.82) is 0 Å². The molecule has 0 aromatic heterocycles. The van der Waals surface area contributed by atoms with Crippen molar-refractivity contribution in [2.45, 2.75) is 0 Å². The summed E-state index contributed by atoms with van der Waals surface area (Å²) in [6.07, 6.45) is 1.47. The second kappa shape index (κ2) is 4.30. The van der Waals surface area contributed by atoms with E-state index in [1.54, 1.807) is 31.4 Å². The molecule has 0 radical (unpaired) electrons. The molecule has 3 nitrogen and oxygen atoms in total. The lowest BCUT2D eigenvalue weighted by molar-refractivity contribution is -0.274. The lowest BCUT2D eigenvalue weighted by Gasteiger charge is -2.00. The largest absolute Gasteiger partial charge is 0.878 e. The number of carbonyl (C=O) groups is 1. The van der Waals surface area contributed by atoms with Gasteiger partial charge in [0.05, 0.1) is 7.11 Å². The van der Waals surface area contributed by atoms with Gasteiger partial charge in [-0.3, -0.25) is 4.79 Å². The molecule has 0 N–H and O–H groups in total. The van der Waals surface area contributed by atoms with Crippen molar-refractivity contribution in [1.82, 2.24) is 0 Å². The zero-order valence-corrected chi connectivity index (χ0v) is 7.19. The molecule has 0 aliphatic rings. The van der Waals surface area contributed by atoms with Gasteiger partial charge in [-0.05, 0) is 30.3 Å². The van der Waals surface area contributed by atoms with Crippen LogP contribution in [0.25, 0.3) is 0 Å². The third-order valence-electron chi connectivity index (χ3n) is 1.59. The van der Waals surface area contributed by atoms with E-state index >= 15 is 0 Å². The molecule has 1 aromatic rings. The van der Waals surface area contributed by atoms with Crippen LogP contribution in [0.15, 0.2) is 36.6 Å². The van der Waals surface area contributed by atoms with E-state index < -0.39 is 0 Å². The van der Waals surface area contributed by atoms with Gasteiger partial charge in [0.1, 0.15) is 5.75 Å². The molecule has 0 spiro atoms. The standard InChI is InChI=1S/C10H10O3/c1-13-9-4-2-8(3-5-9)10(12)6-7-11/h2-7,11H,1H3/p-1. The maximum absolute atomic E-state index is 11.1. The molecule has 0 aliphatic carbocycles. The van der Waals surface area contributed by atoms with Crippen LogP contribution in [0.1, 0.15) is 10.4 Å². The maximum Gasteiger partial charge on any atom is 0.184 e. The number of carbonyl (C=O) groups excluding carboxylic acids is 1. The minimum atomic E-state index is -0.294. The lowest BCUT2D eigenvalue weighted by Crippen LogP contribution is -1.97. The third kappa shape index (κ3) is 2.33. The van der Waals surface area contributed by atoms with Crippen molar-refractivity contribution in [3.8, 4) is 5.75 Å². The number of rotatable bonds is 3. The summed E-state index contributed by atoms with van der Waals surface area (Å²) in [5, 5.41) is 10.0. The number of hydrogen-bond acceptors (Lipinski definition) is 3. The van der Waals surface area contributed by atoms with E-state index in [0.29, 0.717) is 17.6 Å². The summed E-state index contributed by atoms with van der Waals surface area (Å²) in [6, 6.07) is 6.57. The predicted octanol–water partition coefficient (Wildman–Crippen LogP) is 0.752. The van der Waals surface area contributed by atoms with Crippen LogP contribution in [0, 0.1) is 0 Å². The van der Waals surface area contributed by atoms with E-state index in [-0.39, 0.29) is 5.78 Å². The molecule has 0 saturated heterocycles. The Balaban J connectivity index is 2.85. The monoisotopic (exact) mass is 177 g/mol.